The Kier molecular flexibility index (Phi) is 5.42. The van der Waals surface area contributed by atoms with E-state index in [1.807, 2.05) is 41.8 Å². The summed E-state index contributed by atoms with van der Waals surface area (Å²) in [7, 11) is -3.16. The molecule has 0 amide bonds. The number of halogens is 1. The normalized spacial score (nSPS) is 11.4. The van der Waals surface area contributed by atoms with Gasteiger partial charge in [0.05, 0.1) is 16.3 Å². The molecule has 0 radical (unpaired) electrons. The molecule has 0 spiro atoms. The van der Waals surface area contributed by atoms with Gasteiger partial charge in [0.1, 0.15) is 0 Å². The number of rotatable bonds is 6. The van der Waals surface area contributed by atoms with Crippen molar-refractivity contribution in [1.29, 1.82) is 0 Å². The lowest BCUT2D eigenvalue weighted by atomic mass is 10.2. The molecule has 2 aromatic carbocycles. The summed E-state index contributed by atoms with van der Waals surface area (Å²) in [5.74, 6) is 0.106. The fraction of sp³-hybridized carbons (Fsp3) is 0.167. The highest BCUT2D eigenvalue weighted by molar-refractivity contribution is 7.91. The summed E-state index contributed by atoms with van der Waals surface area (Å²) < 4.78 is 23.6. The van der Waals surface area contributed by atoms with Gasteiger partial charge in [0, 0.05) is 22.5 Å². The molecule has 7 heteroatoms. The van der Waals surface area contributed by atoms with E-state index in [0.717, 1.165) is 22.0 Å². The van der Waals surface area contributed by atoms with Crippen LogP contribution in [0.15, 0.2) is 58.8 Å². The SMILES string of the molecule is CCS(=O)(=O)c1ccc(CNc2nc(-c3ccccc3Cl)cs2)cc1. The summed E-state index contributed by atoms with van der Waals surface area (Å²) in [5.41, 5.74) is 2.73. The van der Waals surface area contributed by atoms with Crippen LogP contribution < -0.4 is 5.32 Å². The second-order valence-corrected chi connectivity index (χ2v) is 8.96. The Labute approximate surface area is 156 Å². The van der Waals surface area contributed by atoms with Crippen LogP contribution >= 0.6 is 22.9 Å². The molecule has 0 aliphatic carbocycles. The average molecular weight is 393 g/mol. The summed E-state index contributed by atoms with van der Waals surface area (Å²) in [4.78, 5) is 4.91. The van der Waals surface area contributed by atoms with Gasteiger partial charge in [-0.05, 0) is 23.8 Å². The molecule has 0 saturated carbocycles. The zero-order chi connectivity index (χ0) is 17.9. The molecular formula is C18H17ClN2O2S2. The first kappa shape index (κ1) is 17.9. The Hall–Kier alpha value is -1.89. The first-order chi connectivity index (χ1) is 12.0. The van der Waals surface area contributed by atoms with E-state index >= 15 is 0 Å². The lowest BCUT2D eigenvalue weighted by Gasteiger charge is -2.05. The standard InChI is InChI=1S/C18H17ClN2O2S2/c1-2-25(22,23)14-9-7-13(8-10-14)11-20-18-21-17(12-24-18)15-5-3-4-6-16(15)19/h3-10,12H,2,11H2,1H3,(H,20,21). The molecule has 0 atom stereocenters. The number of nitrogens with one attached hydrogen (secondary N) is 1. The van der Waals surface area contributed by atoms with Crippen molar-refractivity contribution in [3.8, 4) is 11.3 Å². The van der Waals surface area contributed by atoms with Gasteiger partial charge in [-0.15, -0.1) is 11.3 Å². The molecule has 0 aliphatic rings. The first-order valence-corrected chi connectivity index (χ1v) is 10.7. The zero-order valence-electron chi connectivity index (χ0n) is 13.6. The van der Waals surface area contributed by atoms with Crippen LogP contribution in [0.5, 0.6) is 0 Å². The Morgan fingerprint density at radius 1 is 1.12 bits per heavy atom. The molecule has 0 unspecified atom stereocenters. The van der Waals surface area contributed by atoms with Crippen molar-refractivity contribution in [3.63, 3.8) is 0 Å². The van der Waals surface area contributed by atoms with Crippen LogP contribution in [0, 0.1) is 0 Å². The average Bonchev–Trinajstić information content (AvgIpc) is 3.09. The molecule has 1 aromatic heterocycles. The molecule has 130 valence electrons. The maximum absolute atomic E-state index is 11.8. The Balaban J connectivity index is 1.68. The minimum atomic E-state index is -3.16. The molecule has 3 rings (SSSR count). The van der Waals surface area contributed by atoms with Crippen molar-refractivity contribution in [1.82, 2.24) is 4.98 Å². The van der Waals surface area contributed by atoms with Gasteiger partial charge in [-0.1, -0.05) is 48.9 Å². The van der Waals surface area contributed by atoms with E-state index in [1.165, 1.54) is 11.3 Å². The topological polar surface area (TPSA) is 59.1 Å². The summed E-state index contributed by atoms with van der Waals surface area (Å²) in [5, 5.41) is 6.68. The Morgan fingerprint density at radius 2 is 1.84 bits per heavy atom. The first-order valence-electron chi connectivity index (χ1n) is 7.75. The fourth-order valence-electron chi connectivity index (χ4n) is 2.31. The second-order valence-electron chi connectivity index (χ2n) is 5.42. The Bertz CT molecular complexity index is 967. The maximum atomic E-state index is 11.8. The molecular weight excluding hydrogens is 376 g/mol. The van der Waals surface area contributed by atoms with Crippen molar-refractivity contribution in [3.05, 3.63) is 64.5 Å². The van der Waals surface area contributed by atoms with Crippen molar-refractivity contribution < 1.29 is 8.42 Å². The van der Waals surface area contributed by atoms with Crippen LogP contribution in [0.25, 0.3) is 11.3 Å². The van der Waals surface area contributed by atoms with Gasteiger partial charge in [0.25, 0.3) is 0 Å². The van der Waals surface area contributed by atoms with E-state index in [2.05, 4.69) is 10.3 Å². The highest BCUT2D eigenvalue weighted by atomic mass is 35.5. The van der Waals surface area contributed by atoms with Crippen LogP contribution in [-0.4, -0.2) is 19.2 Å². The number of sulfone groups is 1. The van der Waals surface area contributed by atoms with Crippen molar-refractivity contribution in [2.24, 2.45) is 0 Å². The number of nitrogens with zero attached hydrogens (tertiary/aromatic N) is 1. The molecule has 0 aliphatic heterocycles. The van der Waals surface area contributed by atoms with Gasteiger partial charge in [-0.3, -0.25) is 0 Å². The largest absolute Gasteiger partial charge is 0.357 e. The molecule has 3 aromatic rings. The van der Waals surface area contributed by atoms with Crippen molar-refractivity contribution >= 4 is 37.9 Å². The zero-order valence-corrected chi connectivity index (χ0v) is 16.0. The number of hydrogen-bond acceptors (Lipinski definition) is 5. The fourth-order valence-corrected chi connectivity index (χ4v) is 4.13. The second kappa shape index (κ2) is 7.56. The lowest BCUT2D eigenvalue weighted by molar-refractivity contribution is 0.597. The summed E-state index contributed by atoms with van der Waals surface area (Å²) in [6, 6.07) is 14.5. The van der Waals surface area contributed by atoms with E-state index in [4.69, 9.17) is 11.6 Å². The third-order valence-electron chi connectivity index (χ3n) is 3.76. The van der Waals surface area contributed by atoms with E-state index in [0.29, 0.717) is 16.5 Å². The predicted octanol–water partition coefficient (Wildman–Crippen LogP) is 4.87. The van der Waals surface area contributed by atoms with E-state index in [1.54, 1.807) is 19.1 Å². The predicted molar refractivity (Wildman–Crippen MR) is 104 cm³/mol. The number of anilines is 1. The van der Waals surface area contributed by atoms with Crippen LogP contribution in [0.2, 0.25) is 5.02 Å². The molecule has 4 nitrogen and oxygen atoms in total. The maximum Gasteiger partial charge on any atom is 0.183 e. The quantitative estimate of drug-likeness (QED) is 0.650. The third-order valence-corrected chi connectivity index (χ3v) is 6.64. The highest BCUT2D eigenvalue weighted by Crippen LogP contribution is 2.30. The molecule has 0 saturated heterocycles. The third kappa shape index (κ3) is 4.21. The molecule has 25 heavy (non-hydrogen) atoms. The number of benzene rings is 2. The molecule has 0 fully saturated rings. The summed E-state index contributed by atoms with van der Waals surface area (Å²) in [6.07, 6.45) is 0. The number of hydrogen-bond donors (Lipinski definition) is 1. The monoisotopic (exact) mass is 392 g/mol. The molecule has 0 bridgehead atoms. The van der Waals surface area contributed by atoms with Gasteiger partial charge in [-0.25, -0.2) is 13.4 Å². The van der Waals surface area contributed by atoms with Crippen molar-refractivity contribution in [2.75, 3.05) is 11.1 Å². The van der Waals surface area contributed by atoms with Crippen LogP contribution in [0.3, 0.4) is 0 Å². The lowest BCUT2D eigenvalue weighted by Crippen LogP contribution is -2.04. The van der Waals surface area contributed by atoms with Gasteiger partial charge < -0.3 is 5.32 Å². The van der Waals surface area contributed by atoms with E-state index < -0.39 is 9.84 Å². The van der Waals surface area contributed by atoms with Gasteiger partial charge in [-0.2, -0.15) is 0 Å². The molecule has 1 heterocycles. The molecule has 1 N–H and O–H groups in total. The minimum absolute atomic E-state index is 0.106. The Morgan fingerprint density at radius 3 is 2.52 bits per heavy atom. The smallest absolute Gasteiger partial charge is 0.183 e. The van der Waals surface area contributed by atoms with E-state index in [9.17, 15) is 8.42 Å². The van der Waals surface area contributed by atoms with Gasteiger partial charge >= 0.3 is 0 Å². The van der Waals surface area contributed by atoms with Crippen LogP contribution in [-0.2, 0) is 16.4 Å². The van der Waals surface area contributed by atoms with Crippen LogP contribution in [0.4, 0.5) is 5.13 Å². The van der Waals surface area contributed by atoms with Gasteiger partial charge in [0.2, 0.25) is 0 Å². The van der Waals surface area contributed by atoms with Crippen molar-refractivity contribution in [2.45, 2.75) is 18.4 Å². The van der Waals surface area contributed by atoms with Gasteiger partial charge in [0.15, 0.2) is 15.0 Å². The van der Waals surface area contributed by atoms with Crippen LogP contribution in [0.1, 0.15) is 12.5 Å². The highest BCUT2D eigenvalue weighted by Gasteiger charge is 2.11. The number of thiazole rings is 1. The minimum Gasteiger partial charge on any atom is -0.357 e. The number of aromatic nitrogens is 1. The summed E-state index contributed by atoms with van der Waals surface area (Å²) >= 11 is 7.71. The summed E-state index contributed by atoms with van der Waals surface area (Å²) in [6.45, 7) is 2.21. The van der Waals surface area contributed by atoms with E-state index in [-0.39, 0.29) is 5.75 Å².